The van der Waals surface area contributed by atoms with Gasteiger partial charge in [0.05, 0.1) is 6.42 Å². The third-order valence-electron chi connectivity index (χ3n) is 6.13. The fourth-order valence-electron chi connectivity index (χ4n) is 4.22. The number of aryl methyl sites for hydroxylation is 1. The van der Waals surface area contributed by atoms with Crippen LogP contribution in [0.1, 0.15) is 49.4 Å². The smallest absolute Gasteiger partial charge is 0.224 e. The number of nitrogens with one attached hydrogen (secondary N) is 1. The van der Waals surface area contributed by atoms with E-state index in [1.807, 2.05) is 19.1 Å². The monoisotopic (exact) mass is 442 g/mol. The van der Waals surface area contributed by atoms with Crippen molar-refractivity contribution in [2.45, 2.75) is 45.4 Å². The van der Waals surface area contributed by atoms with Crippen LogP contribution in [0.15, 0.2) is 66.7 Å². The lowest BCUT2D eigenvalue weighted by atomic mass is 10.1. The molecule has 0 radical (unpaired) electrons. The third kappa shape index (κ3) is 5.51. The van der Waals surface area contributed by atoms with Crippen molar-refractivity contribution in [2.75, 3.05) is 6.54 Å². The Labute approximate surface area is 195 Å². The van der Waals surface area contributed by atoms with Crippen molar-refractivity contribution in [3.63, 3.8) is 0 Å². The van der Waals surface area contributed by atoms with Gasteiger partial charge >= 0.3 is 0 Å². The molecule has 1 N–H and O–H groups in total. The van der Waals surface area contributed by atoms with E-state index in [0.29, 0.717) is 13.0 Å². The molecule has 0 bridgehead atoms. The molecule has 33 heavy (non-hydrogen) atoms. The second kappa shape index (κ2) is 10.0. The maximum absolute atomic E-state index is 13.4. The number of rotatable bonds is 8. The van der Waals surface area contributed by atoms with E-state index < -0.39 is 0 Å². The Balaban J connectivity index is 1.45. The summed E-state index contributed by atoms with van der Waals surface area (Å²) < 4.78 is 15.6. The third-order valence-corrected chi connectivity index (χ3v) is 6.13. The fourth-order valence-corrected chi connectivity index (χ4v) is 4.22. The number of amides is 1. The summed E-state index contributed by atoms with van der Waals surface area (Å²) in [5.74, 6) is 0.466. The van der Waals surface area contributed by atoms with E-state index in [1.165, 1.54) is 30.5 Å². The summed E-state index contributed by atoms with van der Waals surface area (Å²) >= 11 is 0. The van der Waals surface area contributed by atoms with Crippen LogP contribution in [0.5, 0.6) is 0 Å². The van der Waals surface area contributed by atoms with Crippen molar-refractivity contribution < 1.29 is 9.18 Å². The number of nitrogens with zero attached hydrogens (tertiary/aromatic N) is 1. The maximum Gasteiger partial charge on any atom is 0.224 e. The second-order valence-corrected chi connectivity index (χ2v) is 8.70. The Hall–Kier alpha value is -3.40. The molecule has 3 nitrogen and oxygen atoms in total. The molecule has 3 aromatic rings. The van der Waals surface area contributed by atoms with Crippen molar-refractivity contribution in [2.24, 2.45) is 0 Å². The van der Waals surface area contributed by atoms with Crippen LogP contribution in [0.4, 0.5) is 4.39 Å². The molecule has 1 aliphatic carbocycles. The molecule has 0 spiro atoms. The van der Waals surface area contributed by atoms with E-state index in [-0.39, 0.29) is 11.7 Å². The summed E-state index contributed by atoms with van der Waals surface area (Å²) in [6.45, 7) is 8.64. The van der Waals surface area contributed by atoms with Crippen LogP contribution >= 0.6 is 0 Å². The molecule has 1 aliphatic rings. The fraction of sp³-hybridized carbons (Fsp3) is 0.276. The van der Waals surface area contributed by atoms with E-state index in [9.17, 15) is 9.18 Å². The van der Waals surface area contributed by atoms with Gasteiger partial charge in [-0.25, -0.2) is 4.39 Å². The number of carbonyl (C=O) groups is 1. The summed E-state index contributed by atoms with van der Waals surface area (Å²) in [7, 11) is 0. The standard InChI is InChI=1S/C29H31FN2O/c1-4-26-18-24(28(5-2)32(26)27-14-12-25(30)13-15-27)16-20(3)19-31-29(33)17-21-6-8-22(9-7-21)23-10-11-23/h5-9,12-16,18,23H,3-4,10-11,17,19H2,1-2H3,(H,31,33)/b24-16-,28-5+. The minimum Gasteiger partial charge on any atom is -0.352 e. The average molecular weight is 443 g/mol. The highest BCUT2D eigenvalue weighted by Gasteiger charge is 2.23. The summed E-state index contributed by atoms with van der Waals surface area (Å²) in [5.41, 5.74) is 5.29. The van der Waals surface area contributed by atoms with Crippen molar-refractivity contribution in [1.29, 1.82) is 0 Å². The Bertz CT molecular complexity index is 1260. The second-order valence-electron chi connectivity index (χ2n) is 8.70. The zero-order chi connectivity index (χ0) is 23.4. The van der Waals surface area contributed by atoms with Crippen molar-refractivity contribution in [3.05, 3.63) is 100.0 Å². The SMILES string of the molecule is C=C(/C=c1/cc(CC)n(-c2ccc(F)cc2)/c1=C/C)CNC(=O)Cc1ccc(C2CC2)cc1. The summed E-state index contributed by atoms with van der Waals surface area (Å²) in [5, 5.41) is 5.05. The van der Waals surface area contributed by atoms with Gasteiger partial charge in [0, 0.05) is 28.5 Å². The van der Waals surface area contributed by atoms with Crippen LogP contribution in [0, 0.1) is 5.82 Å². The van der Waals surface area contributed by atoms with Gasteiger partial charge in [0.2, 0.25) is 5.91 Å². The lowest BCUT2D eigenvalue weighted by molar-refractivity contribution is -0.120. The molecule has 0 unspecified atom stereocenters. The first kappa shape index (κ1) is 22.8. The van der Waals surface area contributed by atoms with Crippen LogP contribution in [0.2, 0.25) is 0 Å². The van der Waals surface area contributed by atoms with Gasteiger partial charge < -0.3 is 9.88 Å². The summed E-state index contributed by atoms with van der Waals surface area (Å²) in [6, 6.07) is 17.1. The Morgan fingerprint density at radius 3 is 2.45 bits per heavy atom. The largest absolute Gasteiger partial charge is 0.352 e. The van der Waals surface area contributed by atoms with Crippen molar-refractivity contribution in [1.82, 2.24) is 9.88 Å². The van der Waals surface area contributed by atoms with E-state index in [1.54, 1.807) is 12.1 Å². The molecule has 0 aliphatic heterocycles. The molecule has 0 atom stereocenters. The topological polar surface area (TPSA) is 34.0 Å². The number of halogens is 1. The number of carbonyl (C=O) groups excluding carboxylic acids is 1. The van der Waals surface area contributed by atoms with Crippen LogP contribution in [0.3, 0.4) is 0 Å². The molecule has 1 aromatic heterocycles. The predicted molar refractivity (Wildman–Crippen MR) is 133 cm³/mol. The maximum atomic E-state index is 13.4. The number of hydrogen-bond donors (Lipinski definition) is 1. The molecule has 1 amide bonds. The van der Waals surface area contributed by atoms with Gasteiger partial charge in [0.15, 0.2) is 0 Å². The number of benzene rings is 2. The Kier molecular flexibility index (Phi) is 6.93. The molecule has 0 saturated heterocycles. The van der Waals surface area contributed by atoms with Crippen LogP contribution in [0.25, 0.3) is 17.8 Å². The lowest BCUT2D eigenvalue weighted by Crippen LogP contribution is -2.30. The van der Waals surface area contributed by atoms with Crippen molar-refractivity contribution >= 4 is 18.1 Å². The molecule has 1 heterocycles. The normalized spacial score (nSPS) is 14.5. The molecule has 170 valence electrons. The first-order chi connectivity index (χ1) is 16.0. The first-order valence-electron chi connectivity index (χ1n) is 11.7. The van der Waals surface area contributed by atoms with Gasteiger partial charge in [-0.15, -0.1) is 0 Å². The Morgan fingerprint density at radius 1 is 1.15 bits per heavy atom. The van der Waals surface area contributed by atoms with Gasteiger partial charge in [-0.1, -0.05) is 43.8 Å². The van der Waals surface area contributed by atoms with E-state index >= 15 is 0 Å². The van der Waals surface area contributed by atoms with Crippen LogP contribution in [-0.2, 0) is 17.6 Å². The zero-order valence-corrected chi connectivity index (χ0v) is 19.4. The molecule has 1 saturated carbocycles. The lowest BCUT2D eigenvalue weighted by Gasteiger charge is -2.08. The number of hydrogen-bond acceptors (Lipinski definition) is 1. The first-order valence-corrected chi connectivity index (χ1v) is 11.7. The molecule has 4 rings (SSSR count). The molecular weight excluding hydrogens is 411 g/mol. The molecular formula is C29H31FN2O. The predicted octanol–water partition coefficient (Wildman–Crippen LogP) is 4.55. The van der Waals surface area contributed by atoms with Gasteiger partial charge in [-0.05, 0) is 85.2 Å². The van der Waals surface area contributed by atoms with Gasteiger partial charge in [-0.2, -0.15) is 0 Å². The highest BCUT2D eigenvalue weighted by atomic mass is 19.1. The molecule has 1 fully saturated rings. The van der Waals surface area contributed by atoms with Crippen molar-refractivity contribution in [3.8, 4) is 5.69 Å². The van der Waals surface area contributed by atoms with Crippen LogP contribution < -0.4 is 15.9 Å². The average Bonchev–Trinajstić information content (AvgIpc) is 3.61. The minimum atomic E-state index is -0.249. The highest BCUT2D eigenvalue weighted by Crippen LogP contribution is 2.39. The van der Waals surface area contributed by atoms with E-state index in [0.717, 1.165) is 45.4 Å². The summed E-state index contributed by atoms with van der Waals surface area (Å²) in [4.78, 5) is 12.4. The van der Waals surface area contributed by atoms with Crippen LogP contribution in [-0.4, -0.2) is 17.0 Å². The van der Waals surface area contributed by atoms with Gasteiger partial charge in [-0.3, -0.25) is 4.79 Å². The van der Waals surface area contributed by atoms with E-state index in [2.05, 4.69) is 53.7 Å². The van der Waals surface area contributed by atoms with Gasteiger partial charge in [0.1, 0.15) is 5.82 Å². The Morgan fingerprint density at radius 2 is 1.85 bits per heavy atom. The minimum absolute atomic E-state index is 0.0101. The zero-order valence-electron chi connectivity index (χ0n) is 19.4. The highest BCUT2D eigenvalue weighted by molar-refractivity contribution is 5.79. The molecule has 4 heteroatoms. The number of aromatic nitrogens is 1. The summed E-state index contributed by atoms with van der Waals surface area (Å²) in [6.07, 6.45) is 7.83. The molecule has 2 aromatic carbocycles. The van der Waals surface area contributed by atoms with Gasteiger partial charge in [0.25, 0.3) is 0 Å². The van der Waals surface area contributed by atoms with E-state index in [4.69, 9.17) is 0 Å². The quantitative estimate of drug-likeness (QED) is 0.546.